The monoisotopic (exact) mass is 253 g/mol. The van der Waals surface area contributed by atoms with Gasteiger partial charge in [0.15, 0.2) is 0 Å². The summed E-state index contributed by atoms with van der Waals surface area (Å²) in [5.41, 5.74) is 6.80. The van der Waals surface area contributed by atoms with E-state index in [2.05, 4.69) is 45.7 Å². The first kappa shape index (κ1) is 22.4. The van der Waals surface area contributed by atoms with Gasteiger partial charge >= 0.3 is 0 Å². The lowest BCUT2D eigenvalue weighted by Crippen LogP contribution is -1.99. The van der Waals surface area contributed by atoms with Gasteiger partial charge in [-0.05, 0) is 32.2 Å². The van der Waals surface area contributed by atoms with Crippen LogP contribution in [0.3, 0.4) is 0 Å². The first-order valence-corrected chi connectivity index (χ1v) is 7.03. The summed E-state index contributed by atoms with van der Waals surface area (Å²) in [6, 6.07) is 0. The molecule has 0 aromatic rings. The van der Waals surface area contributed by atoms with Gasteiger partial charge in [0.05, 0.1) is 0 Å². The first-order chi connectivity index (χ1) is 8.43. The molecule has 0 heterocycles. The van der Waals surface area contributed by atoms with E-state index in [1.807, 2.05) is 26.8 Å². The number of nitrogens with two attached hydrogens (primary N) is 1. The summed E-state index contributed by atoms with van der Waals surface area (Å²) in [7, 11) is 1.50. The van der Waals surface area contributed by atoms with E-state index >= 15 is 0 Å². The van der Waals surface area contributed by atoms with Gasteiger partial charge in [0, 0.05) is 0 Å². The van der Waals surface area contributed by atoms with Crippen molar-refractivity contribution in [1.29, 1.82) is 0 Å². The summed E-state index contributed by atoms with van der Waals surface area (Å²) < 4.78 is 0. The van der Waals surface area contributed by atoms with Crippen LogP contribution in [-0.2, 0) is 0 Å². The second-order valence-electron chi connectivity index (χ2n) is 4.63. The maximum atomic E-state index is 4.50. The van der Waals surface area contributed by atoms with E-state index in [1.165, 1.54) is 25.5 Å². The Kier molecular flexibility index (Phi) is 20.1. The third-order valence-corrected chi connectivity index (χ3v) is 2.39. The van der Waals surface area contributed by atoms with Gasteiger partial charge in [-0.2, -0.15) is 0 Å². The first-order valence-electron chi connectivity index (χ1n) is 7.03. The zero-order valence-electron chi connectivity index (χ0n) is 13.7. The highest BCUT2D eigenvalue weighted by Crippen LogP contribution is 2.19. The molecule has 0 saturated heterocycles. The lowest BCUT2D eigenvalue weighted by atomic mass is 9.93. The molecule has 0 aliphatic heterocycles. The summed E-state index contributed by atoms with van der Waals surface area (Å²) in [6.07, 6.45) is 6.64. The van der Waals surface area contributed by atoms with Crippen LogP contribution in [0.15, 0.2) is 36.5 Å². The molecule has 0 rings (SSSR count). The summed E-state index contributed by atoms with van der Waals surface area (Å²) >= 11 is 0. The Morgan fingerprint density at radius 2 is 1.44 bits per heavy atom. The van der Waals surface area contributed by atoms with Crippen LogP contribution in [0.1, 0.15) is 54.4 Å². The summed E-state index contributed by atoms with van der Waals surface area (Å²) in [5.74, 6) is 1.38. The van der Waals surface area contributed by atoms with Crippen molar-refractivity contribution >= 4 is 0 Å². The van der Waals surface area contributed by atoms with Crippen LogP contribution in [0, 0.1) is 11.8 Å². The van der Waals surface area contributed by atoms with Crippen LogP contribution in [0.2, 0.25) is 0 Å². The van der Waals surface area contributed by atoms with Crippen LogP contribution in [0.4, 0.5) is 0 Å². The average molecular weight is 253 g/mol. The van der Waals surface area contributed by atoms with E-state index in [4.69, 9.17) is 0 Å². The average Bonchev–Trinajstić information content (AvgIpc) is 2.37. The highest BCUT2D eigenvalue weighted by atomic mass is 14.4. The lowest BCUT2D eigenvalue weighted by Gasteiger charge is -2.13. The molecule has 108 valence electrons. The molecule has 0 bridgehead atoms. The lowest BCUT2D eigenvalue weighted by molar-refractivity contribution is 0.494. The normalized spacial score (nSPS) is 11.2. The van der Waals surface area contributed by atoms with Crippen LogP contribution in [-0.4, -0.2) is 7.05 Å². The van der Waals surface area contributed by atoms with Gasteiger partial charge in [0.2, 0.25) is 0 Å². The Bertz CT molecular complexity index is 224. The SMILES string of the molecule is C=C(C)/C=C\C(=C)C(C)CCC(C)C.CC.CN. The number of allylic oxidation sites excluding steroid dienone is 4. The number of hydrogen-bond donors (Lipinski definition) is 1. The van der Waals surface area contributed by atoms with E-state index < -0.39 is 0 Å². The Hall–Kier alpha value is -0.820. The molecule has 1 unspecified atom stereocenters. The third-order valence-electron chi connectivity index (χ3n) is 2.39. The standard InChI is InChI=1S/C14H24.C2H6.CH5N/c1-11(2)7-9-13(5)14(6)10-8-12(3)4;2*1-2/h7,9,12,14H,1,5,8,10H2,2-4,6H3;1-2H3;2H2,1H3/b9-7-;;. The smallest absolute Gasteiger partial charge is 0.0195 e. The van der Waals surface area contributed by atoms with Crippen LogP contribution in [0.25, 0.3) is 0 Å². The maximum absolute atomic E-state index is 4.50. The minimum Gasteiger partial charge on any atom is -0.333 e. The van der Waals surface area contributed by atoms with Crippen molar-refractivity contribution in [2.75, 3.05) is 7.05 Å². The molecule has 1 nitrogen and oxygen atoms in total. The van der Waals surface area contributed by atoms with Gasteiger partial charge in [-0.3, -0.25) is 0 Å². The van der Waals surface area contributed by atoms with Crippen molar-refractivity contribution in [3.05, 3.63) is 36.5 Å². The maximum Gasteiger partial charge on any atom is -0.0195 e. The van der Waals surface area contributed by atoms with Gasteiger partial charge in [-0.1, -0.05) is 77.5 Å². The molecule has 1 atom stereocenters. The molecule has 0 aromatic carbocycles. The van der Waals surface area contributed by atoms with E-state index in [-0.39, 0.29) is 0 Å². The zero-order chi connectivity index (χ0) is 15.1. The quantitative estimate of drug-likeness (QED) is 0.635. The minimum atomic E-state index is 0.591. The highest BCUT2D eigenvalue weighted by molar-refractivity contribution is 5.24. The molecule has 0 saturated carbocycles. The molecular weight excluding hydrogens is 218 g/mol. The van der Waals surface area contributed by atoms with Gasteiger partial charge in [0.1, 0.15) is 0 Å². The van der Waals surface area contributed by atoms with Gasteiger partial charge < -0.3 is 5.73 Å². The highest BCUT2D eigenvalue weighted by Gasteiger charge is 2.04. The van der Waals surface area contributed by atoms with Crippen LogP contribution < -0.4 is 5.73 Å². The second-order valence-corrected chi connectivity index (χ2v) is 4.63. The van der Waals surface area contributed by atoms with Crippen LogP contribution >= 0.6 is 0 Å². The van der Waals surface area contributed by atoms with E-state index in [0.29, 0.717) is 5.92 Å². The fourth-order valence-electron chi connectivity index (χ4n) is 1.18. The van der Waals surface area contributed by atoms with Crippen LogP contribution in [0.5, 0.6) is 0 Å². The predicted octanol–water partition coefficient (Wildman–Crippen LogP) is 5.35. The Labute approximate surface area is 116 Å². The third kappa shape index (κ3) is 17.6. The van der Waals surface area contributed by atoms with Crippen molar-refractivity contribution in [2.24, 2.45) is 17.6 Å². The molecule has 0 radical (unpaired) electrons. The summed E-state index contributed by atoms with van der Waals surface area (Å²) in [5, 5.41) is 0. The van der Waals surface area contributed by atoms with E-state index in [0.717, 1.165) is 11.5 Å². The largest absolute Gasteiger partial charge is 0.333 e. The molecule has 0 amide bonds. The van der Waals surface area contributed by atoms with Gasteiger partial charge in [0.25, 0.3) is 0 Å². The molecule has 1 heteroatoms. The van der Waals surface area contributed by atoms with E-state index in [9.17, 15) is 0 Å². The van der Waals surface area contributed by atoms with Gasteiger partial charge in [-0.25, -0.2) is 0 Å². The van der Waals surface area contributed by atoms with E-state index in [1.54, 1.807) is 0 Å². The van der Waals surface area contributed by atoms with Crippen molar-refractivity contribution < 1.29 is 0 Å². The minimum absolute atomic E-state index is 0.591. The molecule has 0 aliphatic rings. The fraction of sp³-hybridized carbons (Fsp3) is 0.647. The van der Waals surface area contributed by atoms with Crippen molar-refractivity contribution in [3.63, 3.8) is 0 Å². The van der Waals surface area contributed by atoms with Crippen molar-refractivity contribution in [3.8, 4) is 0 Å². The van der Waals surface area contributed by atoms with Gasteiger partial charge in [-0.15, -0.1) is 0 Å². The topological polar surface area (TPSA) is 26.0 Å². The molecule has 0 spiro atoms. The molecule has 18 heavy (non-hydrogen) atoms. The number of hydrogen-bond acceptors (Lipinski definition) is 1. The van der Waals surface area contributed by atoms with Crippen molar-refractivity contribution in [2.45, 2.75) is 54.4 Å². The second kappa shape index (κ2) is 16.2. The molecule has 0 aromatic heterocycles. The Morgan fingerprint density at radius 1 is 1.00 bits per heavy atom. The van der Waals surface area contributed by atoms with Crippen molar-refractivity contribution in [1.82, 2.24) is 0 Å². The summed E-state index contributed by atoms with van der Waals surface area (Å²) in [4.78, 5) is 0. The summed E-state index contributed by atoms with van der Waals surface area (Å²) in [6.45, 7) is 20.7. The molecular formula is C17H35N. The molecule has 0 aliphatic carbocycles. The zero-order valence-corrected chi connectivity index (χ0v) is 13.7. The molecule has 0 fully saturated rings. The fourth-order valence-corrected chi connectivity index (χ4v) is 1.18. The predicted molar refractivity (Wildman–Crippen MR) is 87.8 cm³/mol. The Balaban J connectivity index is -0.000000506. The molecule has 2 N–H and O–H groups in total. The number of rotatable bonds is 6. The Morgan fingerprint density at radius 3 is 1.78 bits per heavy atom.